The molecule has 0 atom stereocenters. The summed E-state index contributed by atoms with van der Waals surface area (Å²) in [6, 6.07) is 11.9. The highest BCUT2D eigenvalue weighted by atomic mass is 35.5. The average Bonchev–Trinajstić information content (AvgIpc) is 2.40. The van der Waals surface area contributed by atoms with Crippen molar-refractivity contribution in [2.45, 2.75) is 0 Å². The lowest BCUT2D eigenvalue weighted by Gasteiger charge is -2.08. The van der Waals surface area contributed by atoms with Gasteiger partial charge in [-0.15, -0.1) is 0 Å². The Labute approximate surface area is 126 Å². The Hall–Kier alpha value is -1.97. The molecule has 0 bridgehead atoms. The van der Waals surface area contributed by atoms with Gasteiger partial charge in [0.2, 0.25) is 0 Å². The fraction of sp³-hybridized carbons (Fsp3) is 0. The molecular weight excluding hydrogens is 299 g/mol. The van der Waals surface area contributed by atoms with Gasteiger partial charge in [-0.05, 0) is 42.0 Å². The topological polar surface area (TPSA) is 46.5 Å². The van der Waals surface area contributed by atoms with Crippen LogP contribution >= 0.6 is 23.2 Å². The van der Waals surface area contributed by atoms with Crippen LogP contribution in [0.2, 0.25) is 10.0 Å². The summed E-state index contributed by atoms with van der Waals surface area (Å²) >= 11 is 11.8. The van der Waals surface area contributed by atoms with Crippen molar-refractivity contribution in [1.82, 2.24) is 0 Å². The van der Waals surface area contributed by atoms with Crippen molar-refractivity contribution >= 4 is 35.2 Å². The van der Waals surface area contributed by atoms with Crippen LogP contribution in [-0.2, 0) is 4.79 Å². The second-order valence-electron chi connectivity index (χ2n) is 3.92. The van der Waals surface area contributed by atoms with Gasteiger partial charge >= 0.3 is 5.97 Å². The van der Waals surface area contributed by atoms with Gasteiger partial charge in [0.05, 0.1) is 5.02 Å². The second-order valence-corrected chi connectivity index (χ2v) is 4.76. The molecule has 0 saturated heterocycles. The molecule has 0 radical (unpaired) electrons. The van der Waals surface area contributed by atoms with Gasteiger partial charge in [-0.3, -0.25) is 0 Å². The van der Waals surface area contributed by atoms with Crippen LogP contribution in [0.3, 0.4) is 0 Å². The molecule has 102 valence electrons. The zero-order valence-electron chi connectivity index (χ0n) is 10.2. The molecular formula is C15H10Cl2O3. The normalized spacial score (nSPS) is 10.7. The molecule has 1 N–H and O–H groups in total. The molecule has 0 aliphatic heterocycles. The largest absolute Gasteiger partial charge is 0.478 e. The number of hydrogen-bond donors (Lipinski definition) is 1. The third-order valence-electron chi connectivity index (χ3n) is 2.40. The summed E-state index contributed by atoms with van der Waals surface area (Å²) < 4.78 is 5.64. The van der Waals surface area contributed by atoms with E-state index in [9.17, 15) is 4.79 Å². The Morgan fingerprint density at radius 3 is 2.65 bits per heavy atom. The number of carbonyl (C=O) groups is 1. The molecule has 0 aromatic heterocycles. The van der Waals surface area contributed by atoms with Crippen LogP contribution in [0, 0.1) is 0 Å². The fourth-order valence-corrected chi connectivity index (χ4v) is 1.98. The number of carboxylic acid groups (broad SMARTS) is 1. The van der Waals surface area contributed by atoms with Crippen LogP contribution < -0.4 is 4.74 Å². The van der Waals surface area contributed by atoms with Crippen LogP contribution in [0.25, 0.3) is 6.08 Å². The number of benzene rings is 2. The summed E-state index contributed by atoms with van der Waals surface area (Å²) in [7, 11) is 0. The molecule has 0 heterocycles. The monoisotopic (exact) mass is 308 g/mol. The van der Waals surface area contributed by atoms with E-state index >= 15 is 0 Å². The summed E-state index contributed by atoms with van der Waals surface area (Å²) in [6.45, 7) is 0. The first kappa shape index (κ1) is 14.4. The Bertz CT molecular complexity index is 666. The lowest BCUT2D eigenvalue weighted by Crippen LogP contribution is -1.87. The number of ether oxygens (including phenoxy) is 1. The van der Waals surface area contributed by atoms with Gasteiger partial charge in [0, 0.05) is 11.1 Å². The van der Waals surface area contributed by atoms with Crippen LogP contribution in [-0.4, -0.2) is 11.1 Å². The number of hydrogen-bond acceptors (Lipinski definition) is 2. The first-order valence-corrected chi connectivity index (χ1v) is 6.44. The molecule has 0 aliphatic rings. The maximum Gasteiger partial charge on any atom is 0.328 e. The van der Waals surface area contributed by atoms with Crippen LogP contribution in [0.1, 0.15) is 5.56 Å². The summed E-state index contributed by atoms with van der Waals surface area (Å²) in [5.74, 6) is 0.0364. The first-order chi connectivity index (χ1) is 9.54. The molecule has 0 aliphatic carbocycles. The van der Waals surface area contributed by atoms with Gasteiger partial charge in [0.15, 0.2) is 0 Å². The van der Waals surface area contributed by atoms with E-state index < -0.39 is 5.97 Å². The lowest BCUT2D eigenvalue weighted by molar-refractivity contribution is -0.131. The highest BCUT2D eigenvalue weighted by Crippen LogP contribution is 2.31. The molecule has 2 aromatic rings. The maximum atomic E-state index is 10.5. The van der Waals surface area contributed by atoms with E-state index in [0.717, 1.165) is 11.6 Å². The molecule has 3 nitrogen and oxygen atoms in total. The highest BCUT2D eigenvalue weighted by molar-refractivity contribution is 6.35. The Morgan fingerprint density at radius 2 is 1.95 bits per heavy atom. The molecule has 0 fully saturated rings. The Morgan fingerprint density at radius 1 is 1.15 bits per heavy atom. The van der Waals surface area contributed by atoms with E-state index in [1.807, 2.05) is 0 Å². The van der Waals surface area contributed by atoms with Crippen LogP contribution in [0.5, 0.6) is 11.5 Å². The van der Waals surface area contributed by atoms with Crippen molar-refractivity contribution < 1.29 is 14.6 Å². The van der Waals surface area contributed by atoms with E-state index in [-0.39, 0.29) is 0 Å². The number of aliphatic carboxylic acids is 1. The molecule has 0 unspecified atom stereocenters. The summed E-state index contributed by atoms with van der Waals surface area (Å²) in [5, 5.41) is 9.53. The van der Waals surface area contributed by atoms with Gasteiger partial charge in [-0.2, -0.15) is 0 Å². The standard InChI is InChI=1S/C15H10Cl2O3/c16-11-5-6-14(13(17)9-11)20-12-3-1-2-10(8-12)4-7-15(18)19/h1-9H,(H,18,19). The predicted octanol–water partition coefficient (Wildman–Crippen LogP) is 4.88. The Kier molecular flexibility index (Phi) is 4.66. The van der Waals surface area contributed by atoms with E-state index in [1.165, 1.54) is 6.08 Å². The number of halogens is 2. The van der Waals surface area contributed by atoms with E-state index in [0.29, 0.717) is 21.5 Å². The van der Waals surface area contributed by atoms with Crippen molar-refractivity contribution in [1.29, 1.82) is 0 Å². The van der Waals surface area contributed by atoms with Gasteiger partial charge in [-0.1, -0.05) is 35.3 Å². The first-order valence-electron chi connectivity index (χ1n) is 5.68. The predicted molar refractivity (Wildman–Crippen MR) is 79.6 cm³/mol. The van der Waals surface area contributed by atoms with E-state index in [2.05, 4.69) is 0 Å². The zero-order chi connectivity index (χ0) is 14.5. The Balaban J connectivity index is 2.21. The molecule has 5 heteroatoms. The SMILES string of the molecule is O=C(O)C=Cc1cccc(Oc2ccc(Cl)cc2Cl)c1. The van der Waals surface area contributed by atoms with Crippen molar-refractivity contribution in [3.8, 4) is 11.5 Å². The molecule has 0 spiro atoms. The minimum atomic E-state index is -1.00. The minimum absolute atomic E-state index is 0.406. The second kappa shape index (κ2) is 6.46. The van der Waals surface area contributed by atoms with Crippen LogP contribution in [0.4, 0.5) is 0 Å². The van der Waals surface area contributed by atoms with Crippen molar-refractivity contribution in [2.75, 3.05) is 0 Å². The third kappa shape index (κ3) is 4.02. The molecule has 0 amide bonds. The zero-order valence-corrected chi connectivity index (χ0v) is 11.7. The van der Waals surface area contributed by atoms with Gasteiger partial charge in [0.25, 0.3) is 0 Å². The van der Waals surface area contributed by atoms with Crippen LogP contribution in [0.15, 0.2) is 48.5 Å². The van der Waals surface area contributed by atoms with Gasteiger partial charge in [0.1, 0.15) is 11.5 Å². The highest BCUT2D eigenvalue weighted by Gasteiger charge is 2.04. The van der Waals surface area contributed by atoms with Crippen molar-refractivity contribution in [3.63, 3.8) is 0 Å². The summed E-state index contributed by atoms with van der Waals surface area (Å²) in [6.07, 6.45) is 2.55. The summed E-state index contributed by atoms with van der Waals surface area (Å²) in [4.78, 5) is 10.5. The van der Waals surface area contributed by atoms with Crippen molar-refractivity contribution in [2.24, 2.45) is 0 Å². The number of rotatable bonds is 4. The molecule has 2 aromatic carbocycles. The van der Waals surface area contributed by atoms with Gasteiger partial charge in [-0.25, -0.2) is 4.79 Å². The minimum Gasteiger partial charge on any atom is -0.478 e. The smallest absolute Gasteiger partial charge is 0.328 e. The molecule has 0 saturated carbocycles. The van der Waals surface area contributed by atoms with E-state index in [1.54, 1.807) is 42.5 Å². The summed E-state index contributed by atoms with van der Waals surface area (Å²) in [5.41, 5.74) is 0.718. The molecule has 20 heavy (non-hydrogen) atoms. The average molecular weight is 309 g/mol. The van der Waals surface area contributed by atoms with Crippen molar-refractivity contribution in [3.05, 3.63) is 64.1 Å². The van der Waals surface area contributed by atoms with E-state index in [4.69, 9.17) is 33.0 Å². The van der Waals surface area contributed by atoms with Gasteiger partial charge < -0.3 is 9.84 Å². The molecule has 2 rings (SSSR count). The number of carboxylic acids is 1. The lowest BCUT2D eigenvalue weighted by atomic mass is 10.2. The maximum absolute atomic E-state index is 10.5. The quantitative estimate of drug-likeness (QED) is 0.818. The fourth-order valence-electron chi connectivity index (χ4n) is 1.53. The third-order valence-corrected chi connectivity index (χ3v) is 2.93.